The molecule has 2 aliphatic rings. The van der Waals surface area contributed by atoms with Gasteiger partial charge in [-0.05, 0) is 30.9 Å². The third kappa shape index (κ3) is 1.88. The van der Waals surface area contributed by atoms with E-state index in [-0.39, 0.29) is 17.7 Å². The molecule has 1 aliphatic heterocycles. The average Bonchev–Trinajstić information content (AvgIpc) is 3.09. The molecule has 1 fully saturated rings. The number of amides is 2. The summed E-state index contributed by atoms with van der Waals surface area (Å²) in [5.41, 5.74) is 2.80. The van der Waals surface area contributed by atoms with E-state index in [9.17, 15) is 9.59 Å². The van der Waals surface area contributed by atoms with Gasteiger partial charge in [0.1, 0.15) is 0 Å². The molecule has 1 saturated carbocycles. The van der Waals surface area contributed by atoms with Crippen molar-refractivity contribution in [1.29, 1.82) is 0 Å². The first-order valence-corrected chi connectivity index (χ1v) is 6.37. The molecule has 0 bridgehead atoms. The first-order chi connectivity index (χ1) is 8.66. The molecule has 1 aromatic carbocycles. The Morgan fingerprint density at radius 3 is 2.78 bits per heavy atom. The second-order valence-corrected chi connectivity index (χ2v) is 5.00. The van der Waals surface area contributed by atoms with Gasteiger partial charge in [-0.3, -0.25) is 9.59 Å². The van der Waals surface area contributed by atoms with E-state index in [4.69, 9.17) is 0 Å². The number of carbonyl (C=O) groups is 2. The van der Waals surface area contributed by atoms with E-state index < -0.39 is 0 Å². The van der Waals surface area contributed by atoms with Gasteiger partial charge in [0.25, 0.3) is 0 Å². The summed E-state index contributed by atoms with van der Waals surface area (Å²) < 4.78 is 0. The highest BCUT2D eigenvalue weighted by Crippen LogP contribution is 2.37. The van der Waals surface area contributed by atoms with Crippen LogP contribution in [0.5, 0.6) is 0 Å². The van der Waals surface area contributed by atoms with Gasteiger partial charge >= 0.3 is 0 Å². The van der Waals surface area contributed by atoms with Crippen LogP contribution in [0.15, 0.2) is 18.2 Å². The van der Waals surface area contributed by atoms with Gasteiger partial charge in [0.15, 0.2) is 0 Å². The van der Waals surface area contributed by atoms with E-state index in [0.717, 1.165) is 36.2 Å². The van der Waals surface area contributed by atoms with Gasteiger partial charge in [-0.1, -0.05) is 12.1 Å². The summed E-state index contributed by atoms with van der Waals surface area (Å²) in [5, 5.41) is 2.96. The monoisotopic (exact) mass is 244 g/mol. The zero-order valence-electron chi connectivity index (χ0n) is 10.4. The fraction of sp³-hybridized carbons (Fsp3) is 0.429. The Hall–Kier alpha value is -1.84. The standard InChI is InChI=1S/C14H16N2O2/c1-9(17)16-8-7-10-3-2-4-12(13(10)16)15-14(18)11-5-6-11/h2-4,11H,5-8H2,1H3,(H,15,18). The van der Waals surface area contributed by atoms with Crippen LogP contribution in [0.4, 0.5) is 11.4 Å². The summed E-state index contributed by atoms with van der Waals surface area (Å²) in [5.74, 6) is 0.286. The van der Waals surface area contributed by atoms with Gasteiger partial charge < -0.3 is 10.2 Å². The van der Waals surface area contributed by atoms with Crippen LogP contribution >= 0.6 is 0 Å². The Balaban J connectivity index is 1.92. The van der Waals surface area contributed by atoms with Crippen LogP contribution < -0.4 is 10.2 Å². The van der Waals surface area contributed by atoms with Gasteiger partial charge in [0, 0.05) is 19.4 Å². The van der Waals surface area contributed by atoms with E-state index in [1.165, 1.54) is 0 Å². The molecule has 2 amide bonds. The first kappa shape index (κ1) is 11.3. The number of carbonyl (C=O) groups excluding carboxylic acids is 2. The number of anilines is 2. The topological polar surface area (TPSA) is 49.4 Å². The molecule has 1 heterocycles. The molecular formula is C14H16N2O2. The van der Waals surface area contributed by atoms with E-state index in [0.29, 0.717) is 6.54 Å². The molecule has 0 atom stereocenters. The van der Waals surface area contributed by atoms with E-state index in [1.807, 2.05) is 18.2 Å². The van der Waals surface area contributed by atoms with Crippen molar-refractivity contribution in [2.24, 2.45) is 5.92 Å². The Morgan fingerprint density at radius 1 is 1.33 bits per heavy atom. The van der Waals surface area contributed by atoms with Gasteiger partial charge in [-0.15, -0.1) is 0 Å². The molecule has 0 aromatic heterocycles. The number of nitrogens with one attached hydrogen (secondary N) is 1. The minimum Gasteiger partial charge on any atom is -0.324 e. The lowest BCUT2D eigenvalue weighted by Crippen LogP contribution is -2.27. The number of hydrogen-bond acceptors (Lipinski definition) is 2. The number of hydrogen-bond donors (Lipinski definition) is 1. The van der Waals surface area contributed by atoms with Gasteiger partial charge in [-0.25, -0.2) is 0 Å². The van der Waals surface area contributed by atoms with Crippen LogP contribution in [0.3, 0.4) is 0 Å². The van der Waals surface area contributed by atoms with Crippen molar-refractivity contribution in [3.8, 4) is 0 Å². The van der Waals surface area contributed by atoms with Crippen molar-refractivity contribution in [1.82, 2.24) is 0 Å². The van der Waals surface area contributed by atoms with Crippen molar-refractivity contribution >= 4 is 23.2 Å². The highest BCUT2D eigenvalue weighted by Gasteiger charge is 2.31. The molecule has 0 spiro atoms. The predicted octanol–water partition coefficient (Wildman–Crippen LogP) is 1.94. The molecule has 18 heavy (non-hydrogen) atoms. The van der Waals surface area contributed by atoms with E-state index >= 15 is 0 Å². The molecular weight excluding hydrogens is 228 g/mol. The van der Waals surface area contributed by atoms with Crippen LogP contribution in [0.2, 0.25) is 0 Å². The minimum atomic E-state index is 0.0295. The highest BCUT2D eigenvalue weighted by molar-refractivity contribution is 6.03. The van der Waals surface area contributed by atoms with Crippen LogP contribution in [0, 0.1) is 5.92 Å². The Morgan fingerprint density at radius 2 is 2.11 bits per heavy atom. The molecule has 3 rings (SSSR count). The zero-order valence-corrected chi connectivity index (χ0v) is 10.4. The third-order valence-corrected chi connectivity index (χ3v) is 3.58. The average molecular weight is 244 g/mol. The van der Waals surface area contributed by atoms with Crippen molar-refractivity contribution in [3.63, 3.8) is 0 Å². The Labute approximate surface area is 106 Å². The molecule has 94 valence electrons. The fourth-order valence-corrected chi connectivity index (χ4v) is 2.45. The lowest BCUT2D eigenvalue weighted by atomic mass is 10.1. The molecule has 0 radical (unpaired) electrons. The second kappa shape index (κ2) is 4.12. The summed E-state index contributed by atoms with van der Waals surface area (Å²) in [4.78, 5) is 25.2. The van der Waals surface area contributed by atoms with Gasteiger partial charge in [-0.2, -0.15) is 0 Å². The maximum absolute atomic E-state index is 11.8. The Kier molecular flexibility index (Phi) is 2.58. The maximum Gasteiger partial charge on any atom is 0.227 e. The fourth-order valence-electron chi connectivity index (χ4n) is 2.45. The number of rotatable bonds is 2. The second-order valence-electron chi connectivity index (χ2n) is 5.00. The SMILES string of the molecule is CC(=O)N1CCc2cccc(NC(=O)C3CC3)c21. The Bertz CT molecular complexity index is 521. The molecule has 0 saturated heterocycles. The number of benzene rings is 1. The molecule has 4 nitrogen and oxygen atoms in total. The third-order valence-electron chi connectivity index (χ3n) is 3.58. The van der Waals surface area contributed by atoms with Crippen molar-refractivity contribution in [3.05, 3.63) is 23.8 Å². The molecule has 0 unspecified atom stereocenters. The highest BCUT2D eigenvalue weighted by atomic mass is 16.2. The normalized spacial score (nSPS) is 17.5. The quantitative estimate of drug-likeness (QED) is 0.864. The summed E-state index contributed by atoms with van der Waals surface area (Å²) in [6.45, 7) is 2.27. The summed E-state index contributed by atoms with van der Waals surface area (Å²) in [6.07, 6.45) is 2.83. The van der Waals surface area contributed by atoms with E-state index in [2.05, 4.69) is 5.32 Å². The van der Waals surface area contributed by atoms with Crippen molar-refractivity contribution in [2.75, 3.05) is 16.8 Å². The first-order valence-electron chi connectivity index (χ1n) is 6.37. The predicted molar refractivity (Wildman–Crippen MR) is 69.5 cm³/mol. The van der Waals surface area contributed by atoms with Crippen molar-refractivity contribution in [2.45, 2.75) is 26.2 Å². The van der Waals surface area contributed by atoms with Crippen LogP contribution in [-0.4, -0.2) is 18.4 Å². The van der Waals surface area contributed by atoms with Gasteiger partial charge in [0.05, 0.1) is 11.4 Å². The zero-order chi connectivity index (χ0) is 12.7. The molecule has 1 N–H and O–H groups in total. The molecule has 4 heteroatoms. The van der Waals surface area contributed by atoms with Crippen LogP contribution in [-0.2, 0) is 16.0 Å². The molecule has 1 aliphatic carbocycles. The smallest absolute Gasteiger partial charge is 0.227 e. The minimum absolute atomic E-state index is 0.0295. The van der Waals surface area contributed by atoms with Crippen LogP contribution in [0.1, 0.15) is 25.3 Å². The number of fused-ring (bicyclic) bond motifs is 1. The largest absolute Gasteiger partial charge is 0.324 e. The van der Waals surface area contributed by atoms with Gasteiger partial charge in [0.2, 0.25) is 11.8 Å². The number of para-hydroxylation sites is 1. The summed E-state index contributed by atoms with van der Waals surface area (Å²) in [6, 6.07) is 5.83. The van der Waals surface area contributed by atoms with Crippen LogP contribution in [0.25, 0.3) is 0 Å². The summed E-state index contributed by atoms with van der Waals surface area (Å²) >= 11 is 0. The lowest BCUT2D eigenvalue weighted by molar-refractivity contribution is -0.118. The van der Waals surface area contributed by atoms with E-state index in [1.54, 1.807) is 11.8 Å². The summed E-state index contributed by atoms with van der Waals surface area (Å²) in [7, 11) is 0. The number of nitrogens with zero attached hydrogens (tertiary/aromatic N) is 1. The molecule has 1 aromatic rings. The maximum atomic E-state index is 11.8. The van der Waals surface area contributed by atoms with Crippen molar-refractivity contribution < 1.29 is 9.59 Å². The lowest BCUT2D eigenvalue weighted by Gasteiger charge is -2.19.